The summed E-state index contributed by atoms with van der Waals surface area (Å²) in [6.45, 7) is 0. The minimum Gasteiger partial charge on any atom is -0.243 e. The van der Waals surface area contributed by atoms with Gasteiger partial charge in [-0.25, -0.2) is 13.8 Å². The smallest absolute Gasteiger partial charge is 0.243 e. The quantitative estimate of drug-likeness (QED) is 0.579. The summed E-state index contributed by atoms with van der Waals surface area (Å²) in [5.74, 6) is 0. The van der Waals surface area contributed by atoms with Crippen LogP contribution < -0.4 is 0 Å². The van der Waals surface area contributed by atoms with E-state index in [1.54, 1.807) is 0 Å². The predicted octanol–water partition coefficient (Wildman–Crippen LogP) is 4.33. The van der Waals surface area contributed by atoms with Gasteiger partial charge in [0.1, 0.15) is 5.15 Å². The lowest BCUT2D eigenvalue weighted by Gasteiger charge is -2.09. The van der Waals surface area contributed by atoms with Crippen LogP contribution in [-0.4, -0.2) is 4.98 Å². The predicted molar refractivity (Wildman–Crippen MR) is 54.5 cm³/mol. The number of pyridine rings is 1. The van der Waals surface area contributed by atoms with E-state index in [0.717, 1.165) is 0 Å². The van der Waals surface area contributed by atoms with Gasteiger partial charge >= 0.3 is 0 Å². The van der Waals surface area contributed by atoms with Gasteiger partial charge in [0, 0.05) is 16.0 Å². The van der Waals surface area contributed by atoms with Crippen molar-refractivity contribution in [2.75, 3.05) is 0 Å². The highest BCUT2D eigenvalue weighted by molar-refractivity contribution is 9.10. The van der Waals surface area contributed by atoms with Crippen LogP contribution in [0, 0.1) is 0 Å². The Morgan fingerprint density at radius 3 is 2.54 bits per heavy atom. The Morgan fingerprint density at radius 2 is 2.15 bits per heavy atom. The van der Waals surface area contributed by atoms with Crippen molar-refractivity contribution in [3.05, 3.63) is 26.9 Å². The fourth-order valence-electron chi connectivity index (χ4n) is 0.872. The third-order valence-electron chi connectivity index (χ3n) is 1.48. The Hall–Kier alpha value is 0.260. The van der Waals surface area contributed by atoms with Crippen molar-refractivity contribution >= 4 is 43.5 Å². The van der Waals surface area contributed by atoms with E-state index in [2.05, 4.69) is 36.8 Å². The summed E-state index contributed by atoms with van der Waals surface area (Å²) in [5, 5.41) is 0.169. The molecule has 0 amide bonds. The highest BCUT2D eigenvalue weighted by Gasteiger charge is 2.19. The summed E-state index contributed by atoms with van der Waals surface area (Å²) >= 11 is 11.8. The van der Waals surface area contributed by atoms with Gasteiger partial charge in [-0.15, -0.1) is 0 Å². The minimum atomic E-state index is -2.61. The Bertz CT molecular complexity index is 320. The van der Waals surface area contributed by atoms with Crippen molar-refractivity contribution in [1.82, 2.24) is 4.98 Å². The molecule has 0 atom stereocenters. The monoisotopic (exact) mass is 333 g/mol. The van der Waals surface area contributed by atoms with Gasteiger partial charge in [-0.3, -0.25) is 0 Å². The topological polar surface area (TPSA) is 12.9 Å². The summed E-state index contributed by atoms with van der Waals surface area (Å²) in [7, 11) is 0. The average Bonchev–Trinajstić information content (AvgIpc) is 2.07. The molecule has 0 saturated carbocycles. The molecule has 1 aromatic heterocycles. The average molecular weight is 335 g/mol. The first-order valence-corrected chi connectivity index (χ1v) is 5.54. The lowest BCUT2D eigenvalue weighted by molar-refractivity contribution is 0.150. The van der Waals surface area contributed by atoms with Crippen LogP contribution in [0.15, 0.2) is 10.7 Å². The van der Waals surface area contributed by atoms with Crippen molar-refractivity contribution in [3.63, 3.8) is 0 Å². The summed E-state index contributed by atoms with van der Waals surface area (Å²) in [4.78, 5) is 3.63. The van der Waals surface area contributed by atoms with E-state index in [1.165, 1.54) is 6.20 Å². The van der Waals surface area contributed by atoms with E-state index in [9.17, 15) is 8.78 Å². The molecule has 6 heteroatoms. The molecule has 0 saturated heterocycles. The Morgan fingerprint density at radius 1 is 1.54 bits per heavy atom. The van der Waals surface area contributed by atoms with Gasteiger partial charge in [-0.2, -0.15) is 0 Å². The molecule has 0 aliphatic carbocycles. The second kappa shape index (κ2) is 4.66. The number of halogens is 5. The SMILES string of the molecule is FC(F)c1c(Cl)ncc(Br)c1CBr. The third-order valence-corrected chi connectivity index (χ3v) is 3.02. The normalized spacial score (nSPS) is 10.9. The Balaban J connectivity index is 3.35. The van der Waals surface area contributed by atoms with E-state index in [1.807, 2.05) is 0 Å². The molecule has 0 unspecified atom stereocenters. The first kappa shape index (κ1) is 11.3. The zero-order valence-electron chi connectivity index (χ0n) is 6.20. The van der Waals surface area contributed by atoms with Crippen molar-refractivity contribution in [2.45, 2.75) is 11.8 Å². The standard InChI is InChI=1S/C7H4Br2ClF2N/c8-1-3-4(9)2-13-6(10)5(3)7(11)12/h2,7H,1H2. The maximum Gasteiger partial charge on any atom is 0.267 e. The molecular weight excluding hydrogens is 331 g/mol. The van der Waals surface area contributed by atoms with Gasteiger partial charge in [0.2, 0.25) is 0 Å². The van der Waals surface area contributed by atoms with E-state index in [-0.39, 0.29) is 10.7 Å². The van der Waals surface area contributed by atoms with Gasteiger partial charge in [0.25, 0.3) is 6.43 Å². The molecular formula is C7H4Br2ClF2N. The highest BCUT2D eigenvalue weighted by Crippen LogP contribution is 2.34. The van der Waals surface area contributed by atoms with E-state index < -0.39 is 6.43 Å². The van der Waals surface area contributed by atoms with Gasteiger partial charge in [0.15, 0.2) is 0 Å². The minimum absolute atomic E-state index is 0.146. The van der Waals surface area contributed by atoms with Crippen molar-refractivity contribution < 1.29 is 8.78 Å². The van der Waals surface area contributed by atoms with Gasteiger partial charge in [0.05, 0.1) is 5.56 Å². The van der Waals surface area contributed by atoms with Crippen LogP contribution in [0.1, 0.15) is 17.6 Å². The van der Waals surface area contributed by atoms with Gasteiger partial charge in [-0.1, -0.05) is 27.5 Å². The molecule has 13 heavy (non-hydrogen) atoms. The van der Waals surface area contributed by atoms with Crippen LogP contribution in [0.4, 0.5) is 8.78 Å². The van der Waals surface area contributed by atoms with Crippen LogP contribution in [0.3, 0.4) is 0 Å². The highest BCUT2D eigenvalue weighted by atomic mass is 79.9. The third kappa shape index (κ3) is 2.39. The summed E-state index contributed by atoms with van der Waals surface area (Å²) in [6, 6.07) is 0. The van der Waals surface area contributed by atoms with E-state index in [0.29, 0.717) is 15.4 Å². The molecule has 0 aliphatic rings. The van der Waals surface area contributed by atoms with Gasteiger partial charge in [-0.05, 0) is 21.5 Å². The molecule has 72 valence electrons. The van der Waals surface area contributed by atoms with Crippen molar-refractivity contribution in [3.8, 4) is 0 Å². The zero-order chi connectivity index (χ0) is 10.0. The number of hydrogen-bond donors (Lipinski definition) is 0. The second-order valence-electron chi connectivity index (χ2n) is 2.22. The molecule has 1 nitrogen and oxygen atoms in total. The molecule has 1 heterocycles. The fraction of sp³-hybridized carbons (Fsp3) is 0.286. The second-order valence-corrected chi connectivity index (χ2v) is 4.00. The van der Waals surface area contributed by atoms with Crippen LogP contribution in [0.5, 0.6) is 0 Å². The summed E-state index contributed by atoms with van der Waals surface area (Å²) in [5.41, 5.74) is 0.225. The summed E-state index contributed by atoms with van der Waals surface area (Å²) < 4.78 is 25.5. The molecule has 0 bridgehead atoms. The van der Waals surface area contributed by atoms with Crippen molar-refractivity contribution in [1.29, 1.82) is 0 Å². The molecule has 0 N–H and O–H groups in total. The molecule has 1 aromatic rings. The number of aromatic nitrogens is 1. The molecule has 0 aliphatic heterocycles. The fourth-order valence-corrected chi connectivity index (χ4v) is 2.55. The van der Waals surface area contributed by atoms with Gasteiger partial charge < -0.3 is 0 Å². The molecule has 0 fully saturated rings. The molecule has 0 spiro atoms. The number of hydrogen-bond acceptors (Lipinski definition) is 1. The molecule has 1 rings (SSSR count). The van der Waals surface area contributed by atoms with Crippen LogP contribution in [0.2, 0.25) is 5.15 Å². The maximum atomic E-state index is 12.5. The first-order valence-electron chi connectivity index (χ1n) is 3.24. The van der Waals surface area contributed by atoms with E-state index >= 15 is 0 Å². The lowest BCUT2D eigenvalue weighted by Crippen LogP contribution is -1.97. The van der Waals surface area contributed by atoms with Crippen molar-refractivity contribution in [2.24, 2.45) is 0 Å². The summed E-state index contributed by atoms with van der Waals surface area (Å²) in [6.07, 6.45) is -1.20. The molecule has 0 aromatic carbocycles. The van der Waals surface area contributed by atoms with Crippen LogP contribution in [-0.2, 0) is 5.33 Å². The molecule has 0 radical (unpaired) electrons. The lowest BCUT2D eigenvalue weighted by atomic mass is 10.2. The van der Waals surface area contributed by atoms with Crippen LogP contribution in [0.25, 0.3) is 0 Å². The maximum absolute atomic E-state index is 12.5. The first-order chi connectivity index (χ1) is 6.07. The van der Waals surface area contributed by atoms with Crippen LogP contribution >= 0.6 is 43.5 Å². The Kier molecular flexibility index (Phi) is 4.06. The number of rotatable bonds is 2. The number of alkyl halides is 3. The van der Waals surface area contributed by atoms with E-state index in [4.69, 9.17) is 11.6 Å². The zero-order valence-corrected chi connectivity index (χ0v) is 10.1. The Labute approximate surface area is 95.8 Å². The number of nitrogens with zero attached hydrogens (tertiary/aromatic N) is 1. The largest absolute Gasteiger partial charge is 0.267 e.